The minimum Gasteiger partial charge on any atom is -0.412 e. The summed E-state index contributed by atoms with van der Waals surface area (Å²) in [4.78, 5) is 0. The molecule has 1 saturated heterocycles. The molecule has 0 N–H and O–H groups in total. The molecule has 0 radical (unpaired) electrons. The molecule has 0 amide bonds. The molecule has 312 valence electrons. The van der Waals surface area contributed by atoms with E-state index in [1.165, 1.54) is 0 Å². The number of hydrogen-bond acceptors (Lipinski definition) is 8. The molecule has 52 heavy (non-hydrogen) atoms. The molecule has 1 heterocycles. The zero-order valence-electron chi connectivity index (χ0n) is 39.6. The van der Waals surface area contributed by atoms with Gasteiger partial charge in [-0.25, -0.2) is 0 Å². The maximum atomic E-state index is 8.33. The topological polar surface area (TPSA) is 73.8 Å². The van der Waals surface area contributed by atoms with Gasteiger partial charge in [-0.2, -0.15) is 0 Å². The highest BCUT2D eigenvalue weighted by atomic mass is 28.5. The lowest BCUT2D eigenvalue weighted by atomic mass is 10.2. The Hall–Kier alpha value is 0.548. The van der Waals surface area contributed by atoms with Crippen molar-refractivity contribution in [2.24, 2.45) is 0 Å². The summed E-state index contributed by atoms with van der Waals surface area (Å²) in [6, 6.07) is 0. The summed E-state index contributed by atoms with van der Waals surface area (Å²) in [5.74, 6) is 0. The molecule has 0 aromatic carbocycles. The van der Waals surface area contributed by atoms with Crippen LogP contribution >= 0.6 is 0 Å². The highest BCUT2D eigenvalue weighted by molar-refractivity contribution is 6.98. The van der Waals surface area contributed by atoms with Gasteiger partial charge in [0, 0.05) is 20.2 Å². The van der Waals surface area contributed by atoms with Gasteiger partial charge in [-0.15, -0.1) is 0 Å². The maximum absolute atomic E-state index is 8.33. The number of hydrogen-bond donors (Lipinski definition) is 0. The van der Waals surface area contributed by atoms with Gasteiger partial charge < -0.3 is 35.4 Å². The van der Waals surface area contributed by atoms with Gasteiger partial charge in [0.25, 0.3) is 0 Å². The normalized spacial score (nSPS) is 30.7. The van der Waals surface area contributed by atoms with Gasteiger partial charge in [0.05, 0.1) is 45.3 Å². The summed E-state index contributed by atoms with van der Waals surface area (Å²) in [5.41, 5.74) is -3.56. The van der Waals surface area contributed by atoms with Crippen molar-refractivity contribution in [2.75, 3.05) is 0 Å². The van der Waals surface area contributed by atoms with E-state index < -0.39 is 99.7 Å². The number of ether oxygens (including phenoxy) is 4. The van der Waals surface area contributed by atoms with Crippen LogP contribution in [0.25, 0.3) is 0 Å². The fraction of sp³-hybridized carbons (Fsp3) is 1.00. The minimum atomic E-state index is -3.68. The van der Waals surface area contributed by atoms with Crippen LogP contribution in [0, 0.1) is 0 Å². The molecule has 1 aliphatic rings. The first kappa shape index (κ1) is 50.6. The third kappa shape index (κ3) is 11.4. The standard InChI is InChI=1S/C40H88O8Si4/c1-29(41-33(5,6)7)49(37(17,18)19)45-50(38(20,21)22,30(2)42-34(8,9)10)47-52(40(26,27)28,32(4)44-36(14,15)16)48-51(46-49,39(23,24)25)31(3)43-35(11,12)13/h29-32H,1-28H3. The summed E-state index contributed by atoms with van der Waals surface area (Å²) in [7, 11) is -14.7. The molecule has 0 bridgehead atoms. The van der Waals surface area contributed by atoms with Gasteiger partial charge in [-0.3, -0.25) is 0 Å². The van der Waals surface area contributed by atoms with Crippen LogP contribution in [0.4, 0.5) is 0 Å². The summed E-state index contributed by atoms with van der Waals surface area (Å²) < 4.78 is 61.6. The van der Waals surface area contributed by atoms with Gasteiger partial charge in [0.2, 0.25) is 0 Å². The van der Waals surface area contributed by atoms with Crippen LogP contribution in [-0.2, 0) is 35.4 Å². The highest BCUT2D eigenvalue weighted by Crippen LogP contribution is 2.60. The Morgan fingerprint density at radius 2 is 0.385 bits per heavy atom. The Balaban J connectivity index is 4.96. The molecule has 1 rings (SSSR count). The molecule has 8 nitrogen and oxygen atoms in total. The molecule has 0 aromatic rings. The van der Waals surface area contributed by atoms with Crippen LogP contribution in [0.1, 0.15) is 194 Å². The zero-order chi connectivity index (χ0) is 42.0. The summed E-state index contributed by atoms with van der Waals surface area (Å²) in [6.07, 6.45) is 0. The third-order valence-electron chi connectivity index (χ3n) is 9.66. The van der Waals surface area contributed by atoms with E-state index in [1.54, 1.807) is 0 Å². The van der Waals surface area contributed by atoms with Crippen molar-refractivity contribution in [3.05, 3.63) is 0 Å². The predicted molar refractivity (Wildman–Crippen MR) is 227 cm³/mol. The Morgan fingerprint density at radius 3 is 0.462 bits per heavy atom. The van der Waals surface area contributed by atoms with E-state index in [0.717, 1.165) is 0 Å². The van der Waals surface area contributed by atoms with Crippen LogP contribution in [0.15, 0.2) is 0 Å². The fourth-order valence-corrected chi connectivity index (χ4v) is 39.1. The van der Waals surface area contributed by atoms with Crippen LogP contribution in [0.5, 0.6) is 0 Å². The maximum Gasteiger partial charge on any atom is 0.355 e. The van der Waals surface area contributed by atoms with Crippen LogP contribution < -0.4 is 0 Å². The van der Waals surface area contributed by atoms with Gasteiger partial charge in [-0.05, 0) is 111 Å². The summed E-state index contributed by atoms with van der Waals surface area (Å²) in [5, 5.41) is -2.01. The molecule has 1 aliphatic heterocycles. The molecular formula is C40H88O8Si4. The second-order valence-corrected chi connectivity index (χ2v) is 41.4. The van der Waals surface area contributed by atoms with Crippen molar-refractivity contribution in [3.8, 4) is 0 Å². The summed E-state index contributed by atoms with van der Waals surface area (Å²) >= 11 is 0. The van der Waals surface area contributed by atoms with Gasteiger partial charge in [0.1, 0.15) is 0 Å². The average molecular weight is 809 g/mol. The van der Waals surface area contributed by atoms with Gasteiger partial charge in [-0.1, -0.05) is 83.1 Å². The Kier molecular flexibility index (Phi) is 15.0. The Bertz CT molecular complexity index is 976. The first-order valence-corrected chi connectivity index (χ1v) is 27.4. The Labute approximate surface area is 327 Å². The molecular weight excluding hydrogens is 721 g/mol. The predicted octanol–water partition coefficient (Wildman–Crippen LogP) is 12.0. The van der Waals surface area contributed by atoms with Crippen LogP contribution in [-0.4, -0.2) is 79.6 Å². The average Bonchev–Trinajstić information content (AvgIpc) is 2.76. The van der Waals surface area contributed by atoms with E-state index in [2.05, 4.69) is 194 Å². The van der Waals surface area contributed by atoms with E-state index in [0.29, 0.717) is 0 Å². The van der Waals surface area contributed by atoms with E-state index in [4.69, 9.17) is 35.4 Å². The smallest absolute Gasteiger partial charge is 0.355 e. The van der Waals surface area contributed by atoms with Crippen molar-refractivity contribution in [2.45, 2.75) is 259 Å². The highest BCUT2D eigenvalue weighted by Gasteiger charge is 2.77. The molecule has 4 unspecified atom stereocenters. The molecule has 0 saturated carbocycles. The lowest BCUT2D eigenvalue weighted by molar-refractivity contribution is -0.0690. The Morgan fingerprint density at radius 1 is 0.269 bits per heavy atom. The lowest BCUT2D eigenvalue weighted by Crippen LogP contribution is -2.85. The molecule has 0 aromatic heterocycles. The fourth-order valence-electron chi connectivity index (χ4n) is 7.74. The molecule has 0 aliphatic carbocycles. The molecule has 1 fully saturated rings. The second-order valence-electron chi connectivity index (χ2n) is 23.6. The van der Waals surface area contributed by atoms with Crippen molar-refractivity contribution in [1.82, 2.24) is 0 Å². The second kappa shape index (κ2) is 15.4. The molecule has 4 atom stereocenters. The minimum absolute atomic E-state index is 0.418. The van der Waals surface area contributed by atoms with Crippen molar-refractivity contribution < 1.29 is 35.4 Å². The largest absolute Gasteiger partial charge is 0.412 e. The first-order chi connectivity index (χ1) is 22.3. The molecule has 12 heteroatoms. The third-order valence-corrected chi connectivity index (χ3v) is 32.5. The zero-order valence-corrected chi connectivity index (χ0v) is 43.6. The monoisotopic (exact) mass is 809 g/mol. The van der Waals surface area contributed by atoms with E-state index in [9.17, 15) is 0 Å². The van der Waals surface area contributed by atoms with Crippen molar-refractivity contribution in [3.63, 3.8) is 0 Å². The van der Waals surface area contributed by atoms with E-state index in [-0.39, 0.29) is 0 Å². The first-order valence-electron chi connectivity index (χ1n) is 19.9. The lowest BCUT2D eigenvalue weighted by Gasteiger charge is -2.65. The summed E-state index contributed by atoms with van der Waals surface area (Å²) in [6.45, 7) is 60.8. The van der Waals surface area contributed by atoms with E-state index >= 15 is 0 Å². The SMILES string of the molecule is CC(OC(C)(C)C)[Si]1(C(C)(C)C)O[Si](C(C)OC(C)(C)C)(C(C)(C)C)O[Si](C(C)OC(C)(C)C)(C(C)(C)C)O[Si](C(C)OC(C)(C)C)(C(C)(C)C)O1. The van der Waals surface area contributed by atoms with Gasteiger partial charge >= 0.3 is 34.2 Å². The van der Waals surface area contributed by atoms with E-state index in [1.807, 2.05) is 0 Å². The van der Waals surface area contributed by atoms with Gasteiger partial charge in [0.15, 0.2) is 0 Å². The van der Waals surface area contributed by atoms with Crippen LogP contribution in [0.2, 0.25) is 20.2 Å². The quantitative estimate of drug-likeness (QED) is 0.225. The molecule has 0 spiro atoms. The van der Waals surface area contributed by atoms with Crippen LogP contribution in [0.3, 0.4) is 0 Å². The van der Waals surface area contributed by atoms with Crippen molar-refractivity contribution in [1.29, 1.82) is 0 Å². The van der Waals surface area contributed by atoms with Crippen molar-refractivity contribution >= 4 is 34.2 Å². The number of rotatable bonds is 8.